The van der Waals surface area contributed by atoms with Crippen LogP contribution in [0.4, 0.5) is 4.79 Å². The normalized spacial score (nSPS) is 26.8. The van der Waals surface area contributed by atoms with Gasteiger partial charge in [0.25, 0.3) is 0 Å². The van der Waals surface area contributed by atoms with Crippen LogP contribution in [0, 0.1) is 0 Å². The van der Waals surface area contributed by atoms with Crippen molar-refractivity contribution in [3.8, 4) is 5.75 Å². The number of likely N-dealkylation sites (tertiary alicyclic amines) is 1. The zero-order valence-corrected chi connectivity index (χ0v) is 11.8. The Labute approximate surface area is 119 Å². The number of benzene rings is 1. The van der Waals surface area contributed by atoms with Crippen molar-refractivity contribution in [3.05, 3.63) is 29.8 Å². The molecule has 0 bridgehead atoms. The molecule has 4 nitrogen and oxygen atoms in total. The minimum atomic E-state index is -0.757. The summed E-state index contributed by atoms with van der Waals surface area (Å²) >= 11 is 0. The maximum atomic E-state index is 10.7. The summed E-state index contributed by atoms with van der Waals surface area (Å²) in [6.45, 7) is 2.60. The number of hydrogen-bond acceptors (Lipinski definition) is 3. The second-order valence-corrected chi connectivity index (χ2v) is 5.89. The fourth-order valence-corrected chi connectivity index (χ4v) is 3.40. The number of nitrogens with two attached hydrogens (primary N) is 1. The second-order valence-electron chi connectivity index (χ2n) is 5.89. The third-order valence-electron chi connectivity index (χ3n) is 4.67. The van der Waals surface area contributed by atoms with Crippen molar-refractivity contribution in [1.82, 2.24) is 4.90 Å². The molecule has 1 aromatic rings. The van der Waals surface area contributed by atoms with E-state index in [2.05, 4.69) is 17.0 Å². The predicted octanol–water partition coefficient (Wildman–Crippen LogP) is 2.88. The summed E-state index contributed by atoms with van der Waals surface area (Å²) in [6, 6.07) is 8.61. The third kappa shape index (κ3) is 2.96. The van der Waals surface area contributed by atoms with Crippen molar-refractivity contribution >= 4 is 6.09 Å². The molecule has 1 aliphatic heterocycles. The quantitative estimate of drug-likeness (QED) is 0.922. The van der Waals surface area contributed by atoms with Gasteiger partial charge in [0.05, 0.1) is 0 Å². The van der Waals surface area contributed by atoms with Crippen molar-refractivity contribution in [1.29, 1.82) is 0 Å². The van der Waals surface area contributed by atoms with Crippen LogP contribution in [-0.4, -0.2) is 30.1 Å². The molecular formula is C16H22N2O2. The monoisotopic (exact) mass is 274 g/mol. The molecule has 2 fully saturated rings. The van der Waals surface area contributed by atoms with Gasteiger partial charge in [-0.3, -0.25) is 0 Å². The molecule has 1 saturated heterocycles. The maximum Gasteiger partial charge on any atom is 0.409 e. The van der Waals surface area contributed by atoms with Crippen molar-refractivity contribution in [2.24, 2.45) is 5.73 Å². The van der Waals surface area contributed by atoms with Crippen molar-refractivity contribution in [3.63, 3.8) is 0 Å². The van der Waals surface area contributed by atoms with Gasteiger partial charge in [-0.15, -0.1) is 0 Å². The van der Waals surface area contributed by atoms with Crippen LogP contribution < -0.4 is 10.5 Å². The Balaban J connectivity index is 1.55. The number of nitrogens with zero attached hydrogens (tertiary/aromatic N) is 1. The van der Waals surface area contributed by atoms with Gasteiger partial charge in [-0.2, -0.15) is 0 Å². The van der Waals surface area contributed by atoms with Crippen LogP contribution in [0.2, 0.25) is 0 Å². The molecule has 0 spiro atoms. The first-order valence-corrected chi connectivity index (χ1v) is 7.53. The standard InChI is InChI=1S/C16H22N2O2/c17-16(19)20-15-8-4-13(5-9-15)12-2-6-14(7-3-12)18-10-1-11-18/h4-5,8-9,12,14H,1-3,6-7,10-11H2,(H2,17,19). The number of amides is 1. The van der Waals surface area contributed by atoms with Gasteiger partial charge >= 0.3 is 6.09 Å². The van der Waals surface area contributed by atoms with Crippen LogP contribution in [0.3, 0.4) is 0 Å². The van der Waals surface area contributed by atoms with E-state index >= 15 is 0 Å². The van der Waals surface area contributed by atoms with Crippen LogP contribution in [0.15, 0.2) is 24.3 Å². The number of hydrogen-bond donors (Lipinski definition) is 1. The summed E-state index contributed by atoms with van der Waals surface area (Å²) < 4.78 is 4.86. The summed E-state index contributed by atoms with van der Waals surface area (Å²) in [6.07, 6.45) is 5.76. The lowest BCUT2D eigenvalue weighted by Crippen LogP contribution is -2.46. The lowest BCUT2D eigenvalue weighted by molar-refractivity contribution is 0.0869. The summed E-state index contributed by atoms with van der Waals surface area (Å²) in [5.74, 6) is 1.17. The first-order chi connectivity index (χ1) is 9.72. The molecule has 1 amide bonds. The molecule has 1 saturated carbocycles. The van der Waals surface area contributed by atoms with Crippen LogP contribution in [-0.2, 0) is 0 Å². The van der Waals surface area contributed by atoms with E-state index in [1.54, 1.807) is 0 Å². The highest BCUT2D eigenvalue weighted by molar-refractivity contribution is 5.68. The van der Waals surface area contributed by atoms with E-state index in [9.17, 15) is 4.79 Å². The van der Waals surface area contributed by atoms with E-state index in [0.717, 1.165) is 6.04 Å². The number of ether oxygens (including phenoxy) is 1. The fourth-order valence-electron chi connectivity index (χ4n) is 3.40. The SMILES string of the molecule is NC(=O)Oc1ccc(C2CCC(N3CCC3)CC2)cc1. The molecule has 2 aliphatic rings. The van der Waals surface area contributed by atoms with E-state index in [0.29, 0.717) is 11.7 Å². The minimum absolute atomic E-state index is 0.524. The minimum Gasteiger partial charge on any atom is -0.411 e. The molecule has 1 aromatic carbocycles. The van der Waals surface area contributed by atoms with Gasteiger partial charge < -0.3 is 15.4 Å². The van der Waals surface area contributed by atoms with Gasteiger partial charge in [-0.1, -0.05) is 12.1 Å². The predicted molar refractivity (Wildman–Crippen MR) is 77.8 cm³/mol. The summed E-state index contributed by atoms with van der Waals surface area (Å²) in [5.41, 5.74) is 6.35. The van der Waals surface area contributed by atoms with Crippen LogP contribution in [0.1, 0.15) is 43.6 Å². The smallest absolute Gasteiger partial charge is 0.409 e. The Morgan fingerprint density at radius 1 is 1.10 bits per heavy atom. The topological polar surface area (TPSA) is 55.6 Å². The molecule has 0 radical (unpaired) electrons. The van der Waals surface area contributed by atoms with Crippen LogP contribution in [0.5, 0.6) is 5.75 Å². The first-order valence-electron chi connectivity index (χ1n) is 7.53. The first kappa shape index (κ1) is 13.4. The van der Waals surface area contributed by atoms with E-state index in [1.807, 2.05) is 12.1 Å². The molecule has 0 atom stereocenters. The van der Waals surface area contributed by atoms with Crippen molar-refractivity contribution in [2.45, 2.75) is 44.1 Å². The Bertz CT molecular complexity index is 460. The molecule has 0 unspecified atom stereocenters. The molecule has 108 valence electrons. The Morgan fingerprint density at radius 2 is 1.75 bits per heavy atom. The van der Waals surface area contributed by atoms with Gasteiger partial charge in [-0.25, -0.2) is 4.79 Å². The van der Waals surface area contributed by atoms with E-state index in [4.69, 9.17) is 10.5 Å². The highest BCUT2D eigenvalue weighted by atomic mass is 16.5. The Morgan fingerprint density at radius 3 is 2.25 bits per heavy atom. The fraction of sp³-hybridized carbons (Fsp3) is 0.562. The highest BCUT2D eigenvalue weighted by Crippen LogP contribution is 2.36. The highest BCUT2D eigenvalue weighted by Gasteiger charge is 2.29. The van der Waals surface area contributed by atoms with Crippen molar-refractivity contribution in [2.75, 3.05) is 13.1 Å². The van der Waals surface area contributed by atoms with E-state index in [-0.39, 0.29) is 0 Å². The lowest BCUT2D eigenvalue weighted by atomic mass is 9.80. The summed E-state index contributed by atoms with van der Waals surface area (Å²) in [5, 5.41) is 0. The van der Waals surface area contributed by atoms with Gasteiger partial charge in [0.1, 0.15) is 5.75 Å². The zero-order chi connectivity index (χ0) is 13.9. The third-order valence-corrected chi connectivity index (χ3v) is 4.67. The second kappa shape index (κ2) is 5.83. The van der Waals surface area contributed by atoms with Crippen LogP contribution >= 0.6 is 0 Å². The average molecular weight is 274 g/mol. The van der Waals surface area contributed by atoms with E-state index in [1.165, 1.54) is 50.8 Å². The number of carbonyl (C=O) groups is 1. The zero-order valence-electron chi connectivity index (χ0n) is 11.8. The largest absolute Gasteiger partial charge is 0.411 e. The Hall–Kier alpha value is -1.55. The van der Waals surface area contributed by atoms with Crippen LogP contribution in [0.25, 0.3) is 0 Å². The van der Waals surface area contributed by atoms with Gasteiger partial charge in [0.15, 0.2) is 0 Å². The molecule has 0 aromatic heterocycles. The number of primary amides is 1. The lowest BCUT2D eigenvalue weighted by Gasteiger charge is -2.42. The number of carbonyl (C=O) groups excluding carboxylic acids is 1. The van der Waals surface area contributed by atoms with Gasteiger partial charge in [0.2, 0.25) is 0 Å². The van der Waals surface area contributed by atoms with Gasteiger partial charge in [0, 0.05) is 6.04 Å². The average Bonchev–Trinajstić information content (AvgIpc) is 2.38. The maximum absolute atomic E-state index is 10.7. The molecule has 1 heterocycles. The molecule has 1 aliphatic carbocycles. The molecule has 3 rings (SSSR count). The van der Waals surface area contributed by atoms with E-state index < -0.39 is 6.09 Å². The molecule has 20 heavy (non-hydrogen) atoms. The molecule has 4 heteroatoms. The summed E-state index contributed by atoms with van der Waals surface area (Å²) in [7, 11) is 0. The molecular weight excluding hydrogens is 252 g/mol. The van der Waals surface area contributed by atoms with Gasteiger partial charge in [-0.05, 0) is 68.8 Å². The Kier molecular flexibility index (Phi) is 3.92. The number of rotatable bonds is 3. The van der Waals surface area contributed by atoms with Crippen molar-refractivity contribution < 1.29 is 9.53 Å². The molecule has 2 N–H and O–H groups in total. The summed E-state index contributed by atoms with van der Waals surface area (Å²) in [4.78, 5) is 13.3.